The second-order valence-corrected chi connectivity index (χ2v) is 7.07. The number of rotatable bonds is 4. The summed E-state index contributed by atoms with van der Waals surface area (Å²) in [7, 11) is 0. The maximum absolute atomic E-state index is 12.8. The van der Waals surface area contributed by atoms with Crippen LogP contribution < -0.4 is 4.90 Å². The largest absolute Gasteiger partial charge is 0.373 e. The molecule has 24 heavy (non-hydrogen) atoms. The average molecular weight is 323 g/mol. The van der Waals surface area contributed by atoms with Gasteiger partial charge in [-0.05, 0) is 32.3 Å². The minimum atomic E-state index is -0.598. The highest BCUT2D eigenvalue weighted by Crippen LogP contribution is 2.43. The van der Waals surface area contributed by atoms with E-state index in [9.17, 15) is 4.79 Å². The van der Waals surface area contributed by atoms with Gasteiger partial charge in [-0.3, -0.25) is 14.7 Å². The van der Waals surface area contributed by atoms with Crippen molar-refractivity contribution in [3.05, 3.63) is 54.0 Å². The van der Waals surface area contributed by atoms with E-state index in [-0.39, 0.29) is 18.1 Å². The molecule has 1 fully saturated rings. The molecule has 0 spiro atoms. The van der Waals surface area contributed by atoms with Crippen LogP contribution in [0.25, 0.3) is 0 Å². The van der Waals surface area contributed by atoms with Gasteiger partial charge in [-0.15, -0.1) is 0 Å². The van der Waals surface area contributed by atoms with Crippen molar-refractivity contribution in [3.63, 3.8) is 0 Å². The first-order valence-electron chi connectivity index (χ1n) is 8.38. The van der Waals surface area contributed by atoms with E-state index in [2.05, 4.69) is 22.1 Å². The topological polar surface area (TPSA) is 55.3 Å². The molecule has 0 saturated heterocycles. The number of hydrogen-bond donors (Lipinski definition) is 0. The molecule has 5 nitrogen and oxygen atoms in total. The first-order valence-corrected chi connectivity index (χ1v) is 8.38. The summed E-state index contributed by atoms with van der Waals surface area (Å²) < 4.78 is 5.96. The van der Waals surface area contributed by atoms with E-state index in [1.807, 2.05) is 36.9 Å². The van der Waals surface area contributed by atoms with Gasteiger partial charge in [-0.25, -0.2) is 4.98 Å². The minimum absolute atomic E-state index is 0.0928. The van der Waals surface area contributed by atoms with Crippen LogP contribution in [0.15, 0.2) is 42.7 Å². The molecule has 0 bridgehead atoms. The van der Waals surface area contributed by atoms with Crippen molar-refractivity contribution in [3.8, 4) is 0 Å². The fraction of sp³-hybridized carbons (Fsp3) is 0.421. The molecule has 0 unspecified atom stereocenters. The lowest BCUT2D eigenvalue weighted by atomic mass is 9.86. The maximum Gasteiger partial charge on any atom is 0.240 e. The first-order chi connectivity index (χ1) is 11.6. The number of benzene rings is 1. The minimum Gasteiger partial charge on any atom is -0.373 e. The van der Waals surface area contributed by atoms with Crippen molar-refractivity contribution in [2.45, 2.75) is 50.9 Å². The molecule has 2 aliphatic rings. The zero-order valence-corrected chi connectivity index (χ0v) is 14.0. The Labute approximate surface area is 141 Å². The molecule has 2 heterocycles. The quantitative estimate of drug-likeness (QED) is 0.868. The lowest BCUT2D eigenvalue weighted by Crippen LogP contribution is -2.52. The molecule has 1 amide bonds. The SMILES string of the molecule is CC1(C)C(=O)N(C2CC(OCc3ccccc3)C2)c2nccnc21. The number of carbonyl (C=O) groups is 1. The second-order valence-electron chi connectivity index (χ2n) is 7.07. The van der Waals surface area contributed by atoms with Gasteiger partial charge >= 0.3 is 0 Å². The Morgan fingerprint density at radius 3 is 2.62 bits per heavy atom. The molecule has 1 aromatic carbocycles. The molecule has 0 N–H and O–H groups in total. The fourth-order valence-corrected chi connectivity index (χ4v) is 3.46. The van der Waals surface area contributed by atoms with Crippen LogP contribution in [0.4, 0.5) is 5.82 Å². The maximum atomic E-state index is 12.8. The molecule has 1 aromatic heterocycles. The van der Waals surface area contributed by atoms with Crippen LogP contribution in [0.2, 0.25) is 0 Å². The smallest absolute Gasteiger partial charge is 0.240 e. The predicted octanol–water partition coefficient (Wildman–Crippen LogP) is 2.85. The third kappa shape index (κ3) is 2.40. The van der Waals surface area contributed by atoms with Crippen LogP contribution in [0, 0.1) is 0 Å². The summed E-state index contributed by atoms with van der Waals surface area (Å²) in [5.74, 6) is 0.814. The average Bonchev–Trinajstić information content (AvgIpc) is 2.76. The van der Waals surface area contributed by atoms with Gasteiger partial charge in [-0.1, -0.05) is 30.3 Å². The summed E-state index contributed by atoms with van der Waals surface area (Å²) in [4.78, 5) is 23.4. The number of ether oxygens (including phenoxy) is 1. The number of fused-ring (bicyclic) bond motifs is 1. The van der Waals surface area contributed by atoms with Crippen molar-refractivity contribution >= 4 is 11.7 Å². The van der Waals surface area contributed by atoms with Crippen LogP contribution in [0.3, 0.4) is 0 Å². The lowest BCUT2D eigenvalue weighted by molar-refractivity contribution is -0.124. The number of aromatic nitrogens is 2. The Hall–Kier alpha value is -2.27. The Morgan fingerprint density at radius 2 is 1.88 bits per heavy atom. The molecule has 1 aliphatic carbocycles. The molecule has 124 valence electrons. The van der Waals surface area contributed by atoms with Crippen LogP contribution >= 0.6 is 0 Å². The van der Waals surface area contributed by atoms with Gasteiger partial charge < -0.3 is 4.74 Å². The number of amides is 1. The van der Waals surface area contributed by atoms with Gasteiger partial charge in [0.1, 0.15) is 0 Å². The van der Waals surface area contributed by atoms with Gasteiger partial charge in [0.15, 0.2) is 5.82 Å². The van der Waals surface area contributed by atoms with Crippen molar-refractivity contribution in [2.75, 3.05) is 4.90 Å². The Morgan fingerprint density at radius 1 is 1.17 bits per heavy atom. The van der Waals surface area contributed by atoms with Gasteiger partial charge in [0, 0.05) is 18.4 Å². The number of hydrogen-bond acceptors (Lipinski definition) is 4. The molecule has 0 radical (unpaired) electrons. The van der Waals surface area contributed by atoms with Crippen molar-refractivity contribution in [1.82, 2.24) is 9.97 Å². The molecule has 2 aromatic rings. The van der Waals surface area contributed by atoms with Gasteiger partial charge in [0.05, 0.1) is 23.8 Å². The van der Waals surface area contributed by atoms with Crippen molar-refractivity contribution in [1.29, 1.82) is 0 Å². The normalized spacial score (nSPS) is 24.6. The van der Waals surface area contributed by atoms with Gasteiger partial charge in [0.25, 0.3) is 0 Å². The lowest BCUT2D eigenvalue weighted by Gasteiger charge is -2.41. The second kappa shape index (κ2) is 5.67. The zero-order chi connectivity index (χ0) is 16.7. The van der Waals surface area contributed by atoms with Gasteiger partial charge in [0.2, 0.25) is 5.91 Å². The van der Waals surface area contributed by atoms with E-state index in [4.69, 9.17) is 4.74 Å². The van der Waals surface area contributed by atoms with E-state index in [0.717, 1.165) is 24.4 Å². The first kappa shape index (κ1) is 15.3. The van der Waals surface area contributed by atoms with Crippen molar-refractivity contribution in [2.24, 2.45) is 0 Å². The highest BCUT2D eigenvalue weighted by Gasteiger charge is 2.51. The molecule has 0 atom stereocenters. The standard InChI is InChI=1S/C19H21N3O2/c1-19(2)16-17(21-9-8-20-16)22(18(19)23)14-10-15(11-14)24-12-13-6-4-3-5-7-13/h3-9,14-15H,10-12H2,1-2H3. The van der Waals surface area contributed by atoms with E-state index >= 15 is 0 Å². The van der Waals surface area contributed by atoms with Crippen LogP contribution in [-0.4, -0.2) is 28.0 Å². The molecular weight excluding hydrogens is 302 g/mol. The number of nitrogens with zero attached hydrogens (tertiary/aromatic N) is 3. The monoisotopic (exact) mass is 323 g/mol. The summed E-state index contributed by atoms with van der Waals surface area (Å²) in [6, 6.07) is 10.3. The van der Waals surface area contributed by atoms with Crippen LogP contribution in [0.1, 0.15) is 37.9 Å². The molecule has 1 aliphatic heterocycles. The number of anilines is 1. The Bertz CT molecular complexity index is 754. The van der Waals surface area contributed by atoms with E-state index in [0.29, 0.717) is 6.61 Å². The van der Waals surface area contributed by atoms with Crippen LogP contribution in [-0.2, 0) is 21.6 Å². The summed E-state index contributed by atoms with van der Waals surface area (Å²) in [5.41, 5.74) is 1.36. The van der Waals surface area contributed by atoms with Gasteiger partial charge in [-0.2, -0.15) is 0 Å². The van der Waals surface area contributed by atoms with E-state index < -0.39 is 5.41 Å². The third-order valence-corrected chi connectivity index (χ3v) is 5.02. The summed E-state index contributed by atoms with van der Waals surface area (Å²) in [6.45, 7) is 4.46. The fourth-order valence-electron chi connectivity index (χ4n) is 3.46. The van der Waals surface area contributed by atoms with Crippen LogP contribution in [0.5, 0.6) is 0 Å². The molecule has 1 saturated carbocycles. The van der Waals surface area contributed by atoms with E-state index in [1.165, 1.54) is 5.56 Å². The summed E-state index contributed by atoms with van der Waals surface area (Å²) in [5, 5.41) is 0. The summed E-state index contributed by atoms with van der Waals surface area (Å²) in [6.07, 6.45) is 5.22. The Balaban J connectivity index is 1.41. The highest BCUT2D eigenvalue weighted by molar-refractivity contribution is 6.06. The third-order valence-electron chi connectivity index (χ3n) is 5.02. The van der Waals surface area contributed by atoms with Crippen molar-refractivity contribution < 1.29 is 9.53 Å². The predicted molar refractivity (Wildman–Crippen MR) is 90.6 cm³/mol. The molecule has 5 heteroatoms. The molecule has 4 rings (SSSR count). The Kier molecular flexibility index (Phi) is 3.61. The summed E-state index contributed by atoms with van der Waals surface area (Å²) >= 11 is 0. The van der Waals surface area contributed by atoms with E-state index in [1.54, 1.807) is 12.4 Å². The zero-order valence-electron chi connectivity index (χ0n) is 14.0. The highest BCUT2D eigenvalue weighted by atomic mass is 16.5. The number of carbonyl (C=O) groups excluding carboxylic acids is 1. The molecular formula is C19H21N3O2.